The topological polar surface area (TPSA) is 34.1 Å². The Kier molecular flexibility index (Phi) is 5.37. The fourth-order valence-corrected chi connectivity index (χ4v) is 5.68. The van der Waals surface area contributed by atoms with Crippen molar-refractivity contribution in [3.05, 3.63) is 0 Å². The summed E-state index contributed by atoms with van der Waals surface area (Å²) in [7, 11) is 2.33. The third-order valence-electron chi connectivity index (χ3n) is 4.83. The first-order chi connectivity index (χ1) is 8.57. The van der Waals surface area contributed by atoms with E-state index in [1.807, 2.05) is 0 Å². The van der Waals surface area contributed by atoms with Crippen LogP contribution in [0.4, 0.5) is 0 Å². The zero-order valence-corrected chi connectivity index (χ0v) is 12.7. The second-order valence-electron chi connectivity index (χ2n) is 6.15. The van der Waals surface area contributed by atoms with Gasteiger partial charge in [-0.05, 0) is 31.1 Å². The van der Waals surface area contributed by atoms with Gasteiger partial charge in [0.15, 0.2) is 0 Å². The molecular formula is C14H25ClO2S. The van der Waals surface area contributed by atoms with E-state index in [2.05, 4.69) is 0 Å². The molecule has 0 aromatic heterocycles. The quantitative estimate of drug-likeness (QED) is 0.716. The van der Waals surface area contributed by atoms with Gasteiger partial charge in [-0.1, -0.05) is 51.4 Å². The number of halogens is 1. The third kappa shape index (κ3) is 4.12. The molecule has 2 fully saturated rings. The smallest absolute Gasteiger partial charge is 0.212 e. The summed E-state index contributed by atoms with van der Waals surface area (Å²) in [4.78, 5) is 0. The molecule has 0 N–H and O–H groups in total. The highest BCUT2D eigenvalue weighted by Crippen LogP contribution is 2.37. The van der Waals surface area contributed by atoms with Crippen molar-refractivity contribution in [3.63, 3.8) is 0 Å². The lowest BCUT2D eigenvalue weighted by atomic mass is 9.80. The average Bonchev–Trinajstić information content (AvgIpc) is 2.37. The Labute approximate surface area is 116 Å². The Morgan fingerprint density at radius 2 is 1.39 bits per heavy atom. The third-order valence-corrected chi connectivity index (χ3v) is 6.81. The molecule has 0 radical (unpaired) electrons. The van der Waals surface area contributed by atoms with E-state index in [4.69, 9.17) is 10.7 Å². The van der Waals surface area contributed by atoms with E-state index in [0.717, 1.165) is 19.3 Å². The van der Waals surface area contributed by atoms with Gasteiger partial charge in [-0.2, -0.15) is 0 Å². The Hall–Kier alpha value is 0.240. The molecule has 0 spiro atoms. The normalized spacial score (nSPS) is 26.1. The standard InChI is InChI=1S/C14H25ClO2S/c15-18(16,17)14(13-9-5-2-6-10-13)11-12-7-3-1-4-8-12/h12-14H,1-11H2. The molecule has 0 saturated heterocycles. The highest BCUT2D eigenvalue weighted by Gasteiger charge is 2.35. The Morgan fingerprint density at radius 1 is 0.889 bits per heavy atom. The van der Waals surface area contributed by atoms with Crippen molar-refractivity contribution >= 4 is 19.7 Å². The van der Waals surface area contributed by atoms with Crippen molar-refractivity contribution in [2.24, 2.45) is 11.8 Å². The summed E-state index contributed by atoms with van der Waals surface area (Å²) in [5.41, 5.74) is 0. The van der Waals surface area contributed by atoms with Crippen LogP contribution >= 0.6 is 10.7 Å². The van der Waals surface area contributed by atoms with Gasteiger partial charge >= 0.3 is 0 Å². The maximum absolute atomic E-state index is 11.9. The maximum atomic E-state index is 11.9. The summed E-state index contributed by atoms with van der Waals surface area (Å²) in [5.74, 6) is 0.919. The number of hydrogen-bond acceptors (Lipinski definition) is 2. The molecule has 4 heteroatoms. The summed E-state index contributed by atoms with van der Waals surface area (Å²) >= 11 is 0. The Morgan fingerprint density at radius 3 is 1.89 bits per heavy atom. The molecule has 106 valence electrons. The molecular weight excluding hydrogens is 268 g/mol. The first-order valence-electron chi connectivity index (χ1n) is 7.51. The van der Waals surface area contributed by atoms with Crippen LogP contribution in [-0.4, -0.2) is 13.7 Å². The first-order valence-corrected chi connectivity index (χ1v) is 9.88. The van der Waals surface area contributed by atoms with Crippen LogP contribution in [0.25, 0.3) is 0 Å². The molecule has 18 heavy (non-hydrogen) atoms. The van der Waals surface area contributed by atoms with Gasteiger partial charge in [0.25, 0.3) is 0 Å². The number of rotatable bonds is 4. The molecule has 0 aliphatic heterocycles. The minimum absolute atomic E-state index is 0.275. The van der Waals surface area contributed by atoms with E-state index in [-0.39, 0.29) is 5.25 Å². The van der Waals surface area contributed by atoms with Crippen molar-refractivity contribution in [2.45, 2.75) is 75.9 Å². The highest BCUT2D eigenvalue weighted by molar-refractivity contribution is 8.14. The molecule has 0 aromatic carbocycles. The van der Waals surface area contributed by atoms with E-state index < -0.39 is 9.05 Å². The van der Waals surface area contributed by atoms with Crippen molar-refractivity contribution in [2.75, 3.05) is 0 Å². The summed E-state index contributed by atoms with van der Waals surface area (Å²) in [6, 6.07) is 0. The minimum Gasteiger partial charge on any atom is -0.212 e. The zero-order valence-electron chi connectivity index (χ0n) is 11.1. The molecule has 0 bridgehead atoms. The monoisotopic (exact) mass is 292 g/mol. The largest absolute Gasteiger partial charge is 0.235 e. The van der Waals surface area contributed by atoms with E-state index in [1.165, 1.54) is 51.4 Å². The van der Waals surface area contributed by atoms with Gasteiger partial charge in [-0.25, -0.2) is 8.42 Å². The van der Waals surface area contributed by atoms with Crippen molar-refractivity contribution < 1.29 is 8.42 Å². The van der Waals surface area contributed by atoms with Crippen LogP contribution in [0.5, 0.6) is 0 Å². The molecule has 0 amide bonds. The van der Waals surface area contributed by atoms with Gasteiger partial charge < -0.3 is 0 Å². The fourth-order valence-electron chi connectivity index (χ4n) is 3.79. The van der Waals surface area contributed by atoms with Crippen LogP contribution in [0.1, 0.15) is 70.6 Å². The van der Waals surface area contributed by atoms with Gasteiger partial charge in [-0.3, -0.25) is 0 Å². The predicted octanol–water partition coefficient (Wildman–Crippen LogP) is 4.47. The maximum Gasteiger partial charge on any atom is 0.235 e. The summed E-state index contributed by atoms with van der Waals surface area (Å²) in [5, 5.41) is -0.275. The molecule has 2 aliphatic carbocycles. The van der Waals surface area contributed by atoms with Crippen LogP contribution in [0.15, 0.2) is 0 Å². The highest BCUT2D eigenvalue weighted by atomic mass is 35.7. The molecule has 0 aromatic rings. The molecule has 1 unspecified atom stereocenters. The Balaban J connectivity index is 2.00. The van der Waals surface area contributed by atoms with Gasteiger partial charge in [0.2, 0.25) is 9.05 Å². The summed E-state index contributed by atoms with van der Waals surface area (Å²) < 4.78 is 23.7. The SMILES string of the molecule is O=S(=O)(Cl)C(CC1CCCCC1)C1CCCCC1. The predicted molar refractivity (Wildman–Crippen MR) is 76.3 cm³/mol. The van der Waals surface area contributed by atoms with E-state index >= 15 is 0 Å². The summed E-state index contributed by atoms with van der Waals surface area (Å²) in [6.45, 7) is 0. The second-order valence-corrected chi connectivity index (χ2v) is 9.00. The van der Waals surface area contributed by atoms with Crippen molar-refractivity contribution in [1.29, 1.82) is 0 Å². The molecule has 2 rings (SSSR count). The first kappa shape index (κ1) is 14.6. The minimum atomic E-state index is -3.39. The Bertz CT molecular complexity index is 341. The lowest BCUT2D eigenvalue weighted by Crippen LogP contribution is -2.31. The molecule has 0 heterocycles. The van der Waals surface area contributed by atoms with Crippen molar-refractivity contribution in [3.8, 4) is 0 Å². The zero-order chi connectivity index (χ0) is 13.0. The van der Waals surface area contributed by atoms with Crippen LogP contribution < -0.4 is 0 Å². The van der Waals surface area contributed by atoms with Crippen molar-refractivity contribution in [1.82, 2.24) is 0 Å². The van der Waals surface area contributed by atoms with Gasteiger partial charge in [-0.15, -0.1) is 0 Å². The van der Waals surface area contributed by atoms with E-state index in [1.54, 1.807) is 0 Å². The van der Waals surface area contributed by atoms with E-state index in [9.17, 15) is 8.42 Å². The molecule has 2 saturated carbocycles. The second kappa shape index (κ2) is 6.60. The lowest BCUT2D eigenvalue weighted by Gasteiger charge is -2.32. The van der Waals surface area contributed by atoms with Crippen LogP contribution in [0.2, 0.25) is 0 Å². The molecule has 2 nitrogen and oxygen atoms in total. The van der Waals surface area contributed by atoms with Crippen LogP contribution in [0.3, 0.4) is 0 Å². The fraction of sp³-hybridized carbons (Fsp3) is 1.00. The average molecular weight is 293 g/mol. The van der Waals surface area contributed by atoms with E-state index in [0.29, 0.717) is 11.8 Å². The lowest BCUT2D eigenvalue weighted by molar-refractivity contribution is 0.275. The summed E-state index contributed by atoms with van der Waals surface area (Å²) in [6.07, 6.45) is 12.8. The van der Waals surface area contributed by atoms with Gasteiger partial charge in [0.1, 0.15) is 0 Å². The van der Waals surface area contributed by atoms with Gasteiger partial charge in [0, 0.05) is 10.7 Å². The number of hydrogen-bond donors (Lipinski definition) is 0. The van der Waals surface area contributed by atoms with Crippen LogP contribution in [-0.2, 0) is 9.05 Å². The molecule has 2 aliphatic rings. The molecule has 1 atom stereocenters. The van der Waals surface area contributed by atoms with Gasteiger partial charge in [0.05, 0.1) is 5.25 Å². The van der Waals surface area contributed by atoms with Crippen LogP contribution in [0, 0.1) is 11.8 Å².